The zero-order valence-electron chi connectivity index (χ0n) is 7.88. The van der Waals surface area contributed by atoms with Crippen LogP contribution in [0.4, 0.5) is 8.78 Å². The molecule has 2 unspecified atom stereocenters. The average Bonchev–Trinajstić information content (AvgIpc) is 2.38. The topological polar surface area (TPSA) is 52.2 Å². The van der Waals surface area contributed by atoms with Crippen molar-refractivity contribution in [2.75, 3.05) is 0 Å². The quantitative estimate of drug-likeness (QED) is 0.832. The first-order chi connectivity index (χ1) is 7.42. The Balaban J connectivity index is 2.47. The largest absolute Gasteiger partial charge is 0.760 e. The molecule has 0 aromatic heterocycles. The third kappa shape index (κ3) is 1.98. The van der Waals surface area contributed by atoms with Crippen molar-refractivity contribution in [1.29, 1.82) is 0 Å². The number of benzene rings is 1. The van der Waals surface area contributed by atoms with E-state index in [4.69, 9.17) is 11.6 Å². The lowest BCUT2D eigenvalue weighted by atomic mass is 10.1. The summed E-state index contributed by atoms with van der Waals surface area (Å²) in [6.07, 6.45) is -0.502. The normalized spacial score (nSPS) is 24.1. The van der Waals surface area contributed by atoms with Crippen molar-refractivity contribution >= 4 is 22.9 Å². The van der Waals surface area contributed by atoms with Crippen molar-refractivity contribution in [3.05, 3.63) is 34.3 Å². The summed E-state index contributed by atoms with van der Waals surface area (Å²) in [4.78, 5) is 0. The van der Waals surface area contributed by atoms with E-state index in [0.29, 0.717) is 5.56 Å². The van der Waals surface area contributed by atoms with Crippen molar-refractivity contribution in [2.45, 2.75) is 18.4 Å². The second-order valence-electron chi connectivity index (χ2n) is 3.54. The van der Waals surface area contributed by atoms with Crippen LogP contribution in [0.1, 0.15) is 17.2 Å². The van der Waals surface area contributed by atoms with Crippen LogP contribution in [-0.4, -0.2) is 14.7 Å². The third-order valence-corrected chi connectivity index (χ3v) is 3.25. The number of alkyl halides is 2. The first-order valence-corrected chi connectivity index (χ1v) is 5.87. The molecule has 0 heterocycles. The summed E-state index contributed by atoms with van der Waals surface area (Å²) in [5, 5.41) is 0.151. The molecule has 16 heavy (non-hydrogen) atoms. The number of halogens is 3. The van der Waals surface area contributed by atoms with Gasteiger partial charge in [0, 0.05) is 22.7 Å². The fourth-order valence-electron chi connectivity index (χ4n) is 1.87. The fourth-order valence-corrected chi connectivity index (χ4v) is 2.65. The predicted octanol–water partition coefficient (Wildman–Crippen LogP) is 1.96. The van der Waals surface area contributed by atoms with Gasteiger partial charge in [-0.25, -0.2) is 13.5 Å². The van der Waals surface area contributed by atoms with E-state index >= 15 is 0 Å². The molecule has 0 amide bonds. The third-order valence-electron chi connectivity index (χ3n) is 2.49. The fraction of sp³-hybridized carbons (Fsp3) is 0.333. The summed E-state index contributed by atoms with van der Waals surface area (Å²) in [5.41, 5.74) is 0.541. The molecule has 0 radical (unpaired) electrons. The highest BCUT2D eigenvalue weighted by Gasteiger charge is 2.48. The molecule has 0 aliphatic heterocycles. The maximum absolute atomic E-state index is 13.5. The van der Waals surface area contributed by atoms with Crippen LogP contribution >= 0.6 is 11.6 Å². The molecule has 1 aliphatic carbocycles. The minimum absolute atomic E-state index is 0.151. The second-order valence-corrected chi connectivity index (χ2v) is 4.65. The summed E-state index contributed by atoms with van der Waals surface area (Å²) in [6, 6.07) is 2.97. The minimum atomic E-state index is -3.15. The van der Waals surface area contributed by atoms with Crippen molar-refractivity contribution < 1.29 is 17.5 Å². The molecule has 0 spiro atoms. The highest BCUT2D eigenvalue weighted by atomic mass is 35.5. The van der Waals surface area contributed by atoms with Gasteiger partial charge in [0.1, 0.15) is 6.04 Å². The van der Waals surface area contributed by atoms with E-state index in [2.05, 4.69) is 0 Å². The van der Waals surface area contributed by atoms with Gasteiger partial charge >= 0.3 is 0 Å². The Kier molecular flexibility index (Phi) is 3.00. The molecule has 1 aromatic rings. The van der Waals surface area contributed by atoms with Gasteiger partial charge in [-0.2, -0.15) is 0 Å². The predicted molar refractivity (Wildman–Crippen MR) is 54.9 cm³/mol. The average molecular weight is 267 g/mol. The van der Waals surface area contributed by atoms with Gasteiger partial charge in [0.25, 0.3) is 5.92 Å². The van der Waals surface area contributed by atoms with Crippen LogP contribution in [0.3, 0.4) is 0 Å². The van der Waals surface area contributed by atoms with Crippen LogP contribution in [0.2, 0.25) is 5.02 Å². The molecule has 0 saturated carbocycles. The number of rotatable bonds is 2. The molecule has 1 aromatic carbocycles. The van der Waals surface area contributed by atoms with Crippen LogP contribution in [0.15, 0.2) is 18.2 Å². The molecule has 88 valence electrons. The Labute approximate surface area is 98.2 Å². The lowest BCUT2D eigenvalue weighted by Crippen LogP contribution is -2.35. The van der Waals surface area contributed by atoms with Crippen LogP contribution in [0.5, 0.6) is 0 Å². The smallest absolute Gasteiger partial charge is 0.272 e. The van der Waals surface area contributed by atoms with Gasteiger partial charge < -0.3 is 4.55 Å². The van der Waals surface area contributed by atoms with Crippen molar-refractivity contribution in [3.63, 3.8) is 0 Å². The van der Waals surface area contributed by atoms with E-state index in [1.54, 1.807) is 6.07 Å². The highest BCUT2D eigenvalue weighted by Crippen LogP contribution is 2.45. The van der Waals surface area contributed by atoms with E-state index in [1.807, 2.05) is 4.72 Å². The first-order valence-electron chi connectivity index (χ1n) is 4.42. The Morgan fingerprint density at radius 2 is 2.25 bits per heavy atom. The molecule has 0 bridgehead atoms. The zero-order chi connectivity index (χ0) is 11.9. The molecular formula is C9H7ClF2NO2S-. The van der Waals surface area contributed by atoms with Crippen LogP contribution < -0.4 is 4.72 Å². The van der Waals surface area contributed by atoms with E-state index in [-0.39, 0.29) is 10.6 Å². The summed E-state index contributed by atoms with van der Waals surface area (Å²) < 4.78 is 49.9. The monoisotopic (exact) mass is 266 g/mol. The zero-order valence-corrected chi connectivity index (χ0v) is 9.45. The van der Waals surface area contributed by atoms with Crippen molar-refractivity contribution in [1.82, 2.24) is 4.72 Å². The molecule has 1 N–H and O–H groups in total. The maximum Gasteiger partial charge on any atom is 0.272 e. The van der Waals surface area contributed by atoms with Crippen molar-refractivity contribution in [3.8, 4) is 0 Å². The SMILES string of the molecule is O=S([O-])NC1c2c(Cl)cccc2CC1(F)F. The second kappa shape index (κ2) is 4.03. The first kappa shape index (κ1) is 11.9. The summed E-state index contributed by atoms with van der Waals surface area (Å²) in [6.45, 7) is 0. The van der Waals surface area contributed by atoms with E-state index < -0.39 is 29.7 Å². The molecule has 3 nitrogen and oxygen atoms in total. The molecule has 0 saturated heterocycles. The number of nitrogens with one attached hydrogen (secondary N) is 1. The molecular weight excluding hydrogens is 260 g/mol. The standard InChI is InChI=1S/C9H8ClF2NO2S/c10-6-3-1-2-5-4-9(11,12)8(7(5)6)13-16(14)15/h1-3,8,13H,4H2,(H,14,15)/p-1. The van der Waals surface area contributed by atoms with Crippen LogP contribution in [-0.2, 0) is 17.7 Å². The molecule has 7 heteroatoms. The summed E-state index contributed by atoms with van der Waals surface area (Å²) >= 11 is 3.04. The van der Waals surface area contributed by atoms with Crippen LogP contribution in [0, 0.1) is 0 Å². The van der Waals surface area contributed by atoms with Gasteiger partial charge in [-0.3, -0.25) is 4.21 Å². The molecule has 1 aliphatic rings. The Hall–Kier alpha value is -0.560. The molecule has 2 atom stereocenters. The summed E-state index contributed by atoms with van der Waals surface area (Å²) in [7, 11) is 0. The maximum atomic E-state index is 13.5. The van der Waals surface area contributed by atoms with Crippen LogP contribution in [0.25, 0.3) is 0 Å². The Bertz CT molecular complexity index is 455. The lowest BCUT2D eigenvalue weighted by Gasteiger charge is -2.22. The minimum Gasteiger partial charge on any atom is -0.760 e. The van der Waals surface area contributed by atoms with Gasteiger partial charge in [0.15, 0.2) is 0 Å². The van der Waals surface area contributed by atoms with Crippen molar-refractivity contribution in [2.24, 2.45) is 0 Å². The van der Waals surface area contributed by atoms with Gasteiger partial charge in [-0.1, -0.05) is 23.7 Å². The molecule has 0 fully saturated rings. The van der Waals surface area contributed by atoms with Gasteiger partial charge in [0.05, 0.1) is 0 Å². The lowest BCUT2D eigenvalue weighted by molar-refractivity contribution is -0.0188. The van der Waals surface area contributed by atoms with E-state index in [0.717, 1.165) is 0 Å². The van der Waals surface area contributed by atoms with E-state index in [9.17, 15) is 17.5 Å². The van der Waals surface area contributed by atoms with Gasteiger partial charge in [-0.15, -0.1) is 0 Å². The number of hydrogen-bond acceptors (Lipinski definition) is 2. The van der Waals surface area contributed by atoms with Gasteiger partial charge in [-0.05, 0) is 17.2 Å². The number of hydrogen-bond donors (Lipinski definition) is 1. The molecule has 2 rings (SSSR count). The summed E-state index contributed by atoms with van der Waals surface area (Å²) in [5.74, 6) is -3.15. The van der Waals surface area contributed by atoms with E-state index in [1.165, 1.54) is 12.1 Å². The Morgan fingerprint density at radius 1 is 1.56 bits per heavy atom. The Morgan fingerprint density at radius 3 is 2.88 bits per heavy atom. The van der Waals surface area contributed by atoms with Gasteiger partial charge in [0.2, 0.25) is 0 Å². The number of fused-ring (bicyclic) bond motifs is 1. The highest BCUT2D eigenvalue weighted by molar-refractivity contribution is 7.77.